The summed E-state index contributed by atoms with van der Waals surface area (Å²) in [5.41, 5.74) is 3.78. The number of nitrogens with zero attached hydrogens (tertiary/aromatic N) is 6. The van der Waals surface area contributed by atoms with Crippen LogP contribution in [0.5, 0.6) is 0 Å². The van der Waals surface area contributed by atoms with Gasteiger partial charge in [-0.1, -0.05) is 28.9 Å². The van der Waals surface area contributed by atoms with E-state index in [0.29, 0.717) is 5.82 Å². The molecule has 3 aromatic heterocycles. The first-order chi connectivity index (χ1) is 15.0. The van der Waals surface area contributed by atoms with Crippen LogP contribution in [0.25, 0.3) is 22.7 Å². The molecule has 0 spiro atoms. The van der Waals surface area contributed by atoms with Crippen LogP contribution in [0.2, 0.25) is 0 Å². The lowest BCUT2D eigenvalue weighted by Gasteiger charge is -2.23. The molecule has 4 heterocycles. The van der Waals surface area contributed by atoms with Crippen molar-refractivity contribution < 1.29 is 4.52 Å². The minimum absolute atomic E-state index is 0.0710. The molecule has 0 bridgehead atoms. The molecule has 1 atom stereocenters. The molecule has 8 nitrogen and oxygen atoms in total. The zero-order valence-corrected chi connectivity index (χ0v) is 17.8. The van der Waals surface area contributed by atoms with Gasteiger partial charge in [-0.2, -0.15) is 0 Å². The van der Waals surface area contributed by atoms with Crippen molar-refractivity contribution in [2.75, 3.05) is 11.4 Å². The van der Waals surface area contributed by atoms with Gasteiger partial charge in [-0.25, -0.2) is 0 Å². The topological polar surface area (TPSA) is 82.0 Å². The highest BCUT2D eigenvalue weighted by atomic mass is 16.5. The Bertz CT molecular complexity index is 1300. The molecular weight excluding hydrogens is 392 g/mol. The number of aromatic nitrogens is 5. The lowest BCUT2D eigenvalue weighted by molar-refractivity contribution is 0.416. The number of rotatable bonds is 4. The van der Waals surface area contributed by atoms with Crippen LogP contribution in [0, 0.1) is 6.92 Å². The summed E-state index contributed by atoms with van der Waals surface area (Å²) in [5.74, 6) is 2.20. The van der Waals surface area contributed by atoms with E-state index in [1.165, 1.54) is 10.1 Å². The number of hydrogen-bond acceptors (Lipinski definition) is 6. The molecule has 0 radical (unpaired) electrons. The number of benzene rings is 1. The van der Waals surface area contributed by atoms with Gasteiger partial charge in [-0.15, -0.1) is 10.2 Å². The van der Waals surface area contributed by atoms with E-state index in [4.69, 9.17) is 4.52 Å². The number of aryl methyl sites for hydroxylation is 2. The molecule has 31 heavy (non-hydrogen) atoms. The van der Waals surface area contributed by atoms with E-state index in [-0.39, 0.29) is 11.6 Å². The fraction of sp³-hybridized carbons (Fsp3) is 0.304. The third-order valence-corrected chi connectivity index (χ3v) is 5.90. The monoisotopic (exact) mass is 416 g/mol. The van der Waals surface area contributed by atoms with Crippen LogP contribution in [0.3, 0.4) is 0 Å². The second-order valence-corrected chi connectivity index (χ2v) is 8.08. The van der Waals surface area contributed by atoms with Gasteiger partial charge in [0, 0.05) is 50.1 Å². The molecule has 1 aliphatic heterocycles. The molecule has 0 N–H and O–H groups in total. The highest BCUT2D eigenvalue weighted by molar-refractivity contribution is 5.60. The van der Waals surface area contributed by atoms with E-state index in [1.54, 1.807) is 19.3 Å². The minimum atomic E-state index is -0.0765. The summed E-state index contributed by atoms with van der Waals surface area (Å²) in [6, 6.07) is 13.8. The summed E-state index contributed by atoms with van der Waals surface area (Å²) in [7, 11) is 3.66. The summed E-state index contributed by atoms with van der Waals surface area (Å²) >= 11 is 0. The molecule has 1 fully saturated rings. The highest BCUT2D eigenvalue weighted by Crippen LogP contribution is 2.37. The van der Waals surface area contributed by atoms with Crippen LogP contribution in [-0.2, 0) is 14.1 Å². The van der Waals surface area contributed by atoms with E-state index < -0.39 is 0 Å². The van der Waals surface area contributed by atoms with Crippen LogP contribution in [0.4, 0.5) is 5.95 Å². The Kier molecular flexibility index (Phi) is 4.69. The average molecular weight is 416 g/mol. The maximum atomic E-state index is 12.0. The van der Waals surface area contributed by atoms with Gasteiger partial charge < -0.3 is 14.0 Å². The van der Waals surface area contributed by atoms with Crippen LogP contribution in [0.1, 0.15) is 30.1 Å². The minimum Gasteiger partial charge on any atom is -0.356 e. The van der Waals surface area contributed by atoms with E-state index in [1.807, 2.05) is 35.9 Å². The molecule has 1 unspecified atom stereocenters. The molecule has 8 heteroatoms. The highest BCUT2D eigenvalue weighted by Gasteiger charge is 2.32. The van der Waals surface area contributed by atoms with Crippen molar-refractivity contribution in [2.45, 2.75) is 25.8 Å². The Labute approximate surface area is 179 Å². The normalized spacial score (nSPS) is 16.2. The van der Waals surface area contributed by atoms with E-state index in [2.05, 4.69) is 39.3 Å². The number of anilines is 1. The third-order valence-electron chi connectivity index (χ3n) is 5.90. The molecule has 1 aromatic carbocycles. The summed E-state index contributed by atoms with van der Waals surface area (Å²) < 4.78 is 9.15. The van der Waals surface area contributed by atoms with Gasteiger partial charge >= 0.3 is 0 Å². The van der Waals surface area contributed by atoms with Crippen LogP contribution in [0.15, 0.2) is 58.0 Å². The summed E-state index contributed by atoms with van der Waals surface area (Å²) in [6.07, 6.45) is 3.74. The SMILES string of the molecule is Cc1cccc(-c2cc(C3CCCN3c3nnc(-c4ccn(C)c(=O)c4)n3C)no2)c1. The predicted octanol–water partition coefficient (Wildman–Crippen LogP) is 3.49. The Hall–Kier alpha value is -3.68. The Morgan fingerprint density at radius 3 is 2.74 bits per heavy atom. The molecule has 0 saturated carbocycles. The largest absolute Gasteiger partial charge is 0.356 e. The Balaban J connectivity index is 1.46. The second kappa shape index (κ2) is 7.54. The summed E-state index contributed by atoms with van der Waals surface area (Å²) in [5, 5.41) is 13.2. The first-order valence-electron chi connectivity index (χ1n) is 10.4. The molecule has 0 aliphatic carbocycles. The first kappa shape index (κ1) is 19.3. The summed E-state index contributed by atoms with van der Waals surface area (Å²) in [6.45, 7) is 2.92. The Morgan fingerprint density at radius 2 is 1.94 bits per heavy atom. The van der Waals surface area contributed by atoms with Crippen molar-refractivity contribution in [2.24, 2.45) is 14.1 Å². The van der Waals surface area contributed by atoms with Gasteiger partial charge in [0.05, 0.1) is 6.04 Å². The smallest absolute Gasteiger partial charge is 0.250 e. The van der Waals surface area contributed by atoms with Crippen molar-refractivity contribution in [3.8, 4) is 22.7 Å². The molecule has 1 saturated heterocycles. The summed E-state index contributed by atoms with van der Waals surface area (Å²) in [4.78, 5) is 14.3. The molecule has 4 aromatic rings. The number of hydrogen-bond donors (Lipinski definition) is 0. The van der Waals surface area contributed by atoms with Crippen molar-refractivity contribution in [3.63, 3.8) is 0 Å². The van der Waals surface area contributed by atoms with Gasteiger partial charge in [-0.3, -0.25) is 9.36 Å². The van der Waals surface area contributed by atoms with Crippen molar-refractivity contribution in [1.82, 2.24) is 24.5 Å². The second-order valence-electron chi connectivity index (χ2n) is 8.08. The zero-order chi connectivity index (χ0) is 21.5. The molecule has 0 amide bonds. The van der Waals surface area contributed by atoms with Gasteiger partial charge in [0.25, 0.3) is 5.56 Å². The molecule has 158 valence electrons. The van der Waals surface area contributed by atoms with E-state index in [9.17, 15) is 4.79 Å². The van der Waals surface area contributed by atoms with Crippen LogP contribution in [-0.4, -0.2) is 31.0 Å². The van der Waals surface area contributed by atoms with Crippen molar-refractivity contribution in [3.05, 3.63) is 70.3 Å². The van der Waals surface area contributed by atoms with Gasteiger partial charge in [-0.05, 0) is 31.9 Å². The molecule has 5 rings (SSSR count). The average Bonchev–Trinajstić information content (AvgIpc) is 3.49. The number of pyridine rings is 1. The fourth-order valence-corrected chi connectivity index (χ4v) is 4.20. The zero-order valence-electron chi connectivity index (χ0n) is 17.8. The van der Waals surface area contributed by atoms with Crippen LogP contribution < -0.4 is 10.5 Å². The predicted molar refractivity (Wildman–Crippen MR) is 118 cm³/mol. The van der Waals surface area contributed by atoms with Crippen molar-refractivity contribution >= 4 is 5.95 Å². The van der Waals surface area contributed by atoms with Crippen LogP contribution >= 0.6 is 0 Å². The van der Waals surface area contributed by atoms with Gasteiger partial charge in [0.1, 0.15) is 5.69 Å². The maximum Gasteiger partial charge on any atom is 0.250 e. The molecular formula is C23H24N6O2. The van der Waals surface area contributed by atoms with E-state index in [0.717, 1.165) is 47.9 Å². The lowest BCUT2D eigenvalue weighted by Crippen LogP contribution is -2.25. The fourth-order valence-electron chi connectivity index (χ4n) is 4.20. The van der Waals surface area contributed by atoms with Gasteiger partial charge in [0.2, 0.25) is 5.95 Å². The molecule has 1 aliphatic rings. The third kappa shape index (κ3) is 3.43. The van der Waals surface area contributed by atoms with Crippen molar-refractivity contribution in [1.29, 1.82) is 0 Å². The lowest BCUT2D eigenvalue weighted by atomic mass is 10.1. The van der Waals surface area contributed by atoms with E-state index >= 15 is 0 Å². The van der Waals surface area contributed by atoms with Gasteiger partial charge in [0.15, 0.2) is 11.6 Å². The quantitative estimate of drug-likeness (QED) is 0.507. The first-order valence-corrected chi connectivity index (χ1v) is 10.4. The maximum absolute atomic E-state index is 12.0. The Morgan fingerprint density at radius 1 is 1.06 bits per heavy atom. The standard InChI is InChI=1S/C23H24N6O2/c1-15-6-4-7-16(12-15)20-14-18(26-31-20)19-8-5-10-29(19)23-25-24-22(28(23)3)17-9-11-27(2)21(30)13-17/h4,6-7,9,11-14,19H,5,8,10H2,1-3H3.